The fourth-order valence-electron chi connectivity index (χ4n) is 3.25. The molecule has 3 rings (SSSR count). The average molecular weight is 356 g/mol. The molecule has 1 saturated carbocycles. The van der Waals surface area contributed by atoms with Gasteiger partial charge < -0.3 is 14.8 Å². The van der Waals surface area contributed by atoms with E-state index >= 15 is 0 Å². The van der Waals surface area contributed by atoms with E-state index in [-0.39, 0.29) is 10.6 Å². The van der Waals surface area contributed by atoms with E-state index in [9.17, 15) is 10.1 Å². The van der Waals surface area contributed by atoms with Crippen LogP contribution in [0.3, 0.4) is 0 Å². The highest BCUT2D eigenvalue weighted by Crippen LogP contribution is 2.30. The number of methoxy groups -OCH3 is 1. The zero-order valence-electron chi connectivity index (χ0n) is 14.9. The van der Waals surface area contributed by atoms with E-state index < -0.39 is 0 Å². The predicted molar refractivity (Wildman–Crippen MR) is 99.9 cm³/mol. The zero-order valence-corrected chi connectivity index (χ0v) is 14.9. The van der Waals surface area contributed by atoms with Crippen LogP contribution in [-0.4, -0.2) is 18.1 Å². The highest BCUT2D eigenvalue weighted by molar-refractivity contribution is 5.46. The Kier molecular flexibility index (Phi) is 6.07. The van der Waals surface area contributed by atoms with E-state index in [0.29, 0.717) is 24.1 Å². The number of hydrogen-bond donors (Lipinski definition) is 1. The van der Waals surface area contributed by atoms with Gasteiger partial charge in [0.2, 0.25) is 0 Å². The molecule has 2 aromatic rings. The summed E-state index contributed by atoms with van der Waals surface area (Å²) in [5.74, 6) is 2.04. The SMILES string of the molecule is COc1ccc(Oc2ccc([N+](=O)[O-])cc2CNC2CCCCC2)cc1. The fraction of sp³-hybridized carbons (Fsp3) is 0.400. The molecule has 1 aliphatic carbocycles. The Morgan fingerprint density at radius 1 is 1.08 bits per heavy atom. The van der Waals surface area contributed by atoms with E-state index in [1.165, 1.54) is 25.3 Å². The smallest absolute Gasteiger partial charge is 0.270 e. The van der Waals surface area contributed by atoms with Crippen LogP contribution < -0.4 is 14.8 Å². The molecule has 1 aliphatic rings. The van der Waals surface area contributed by atoms with Gasteiger partial charge in [0.1, 0.15) is 17.2 Å². The molecular formula is C20H24N2O4. The summed E-state index contributed by atoms with van der Waals surface area (Å²) in [6, 6.07) is 12.5. The minimum absolute atomic E-state index is 0.0764. The number of rotatable bonds is 7. The first-order valence-corrected chi connectivity index (χ1v) is 8.98. The highest BCUT2D eigenvalue weighted by Gasteiger charge is 2.16. The lowest BCUT2D eigenvalue weighted by Gasteiger charge is -2.23. The standard InChI is InChI=1S/C20H24N2O4/c1-25-18-8-10-19(11-9-18)26-20-12-7-17(22(23)24)13-15(20)14-21-16-5-3-2-4-6-16/h7-13,16,21H,2-6,14H2,1H3. The molecule has 0 radical (unpaired) electrons. The molecule has 0 heterocycles. The number of nitro benzene ring substituents is 1. The Balaban J connectivity index is 1.76. The molecule has 0 bridgehead atoms. The van der Waals surface area contributed by atoms with Gasteiger partial charge in [-0.25, -0.2) is 0 Å². The first-order chi connectivity index (χ1) is 12.7. The number of nitrogens with one attached hydrogen (secondary N) is 1. The van der Waals surface area contributed by atoms with Crippen LogP contribution in [0.5, 0.6) is 17.2 Å². The molecular weight excluding hydrogens is 332 g/mol. The summed E-state index contributed by atoms with van der Waals surface area (Å²) in [5.41, 5.74) is 0.869. The van der Waals surface area contributed by atoms with E-state index in [4.69, 9.17) is 9.47 Å². The van der Waals surface area contributed by atoms with E-state index in [1.807, 2.05) is 24.3 Å². The number of nitrogens with zero attached hydrogens (tertiary/aromatic N) is 1. The van der Waals surface area contributed by atoms with E-state index in [1.54, 1.807) is 19.2 Å². The summed E-state index contributed by atoms with van der Waals surface area (Å²) in [5, 5.41) is 14.7. The summed E-state index contributed by atoms with van der Waals surface area (Å²) in [6.45, 7) is 0.553. The topological polar surface area (TPSA) is 73.6 Å². The van der Waals surface area contributed by atoms with Crippen LogP contribution in [0.4, 0.5) is 5.69 Å². The van der Waals surface area contributed by atoms with Gasteiger partial charge in [0.25, 0.3) is 5.69 Å². The number of ether oxygens (including phenoxy) is 2. The minimum Gasteiger partial charge on any atom is -0.497 e. The summed E-state index contributed by atoms with van der Waals surface area (Å²) in [6.07, 6.45) is 6.08. The molecule has 0 aliphatic heterocycles. The molecule has 26 heavy (non-hydrogen) atoms. The lowest BCUT2D eigenvalue weighted by atomic mass is 9.95. The molecule has 1 N–H and O–H groups in total. The Morgan fingerprint density at radius 2 is 1.77 bits per heavy atom. The Bertz CT molecular complexity index is 740. The summed E-state index contributed by atoms with van der Waals surface area (Å²) < 4.78 is 11.1. The largest absolute Gasteiger partial charge is 0.497 e. The van der Waals surface area contributed by atoms with Crippen molar-refractivity contribution >= 4 is 5.69 Å². The molecule has 0 spiro atoms. The quantitative estimate of drug-likeness (QED) is 0.569. The maximum Gasteiger partial charge on any atom is 0.270 e. The zero-order chi connectivity index (χ0) is 18.4. The fourth-order valence-corrected chi connectivity index (χ4v) is 3.25. The van der Waals surface area contributed by atoms with Crippen molar-refractivity contribution in [3.63, 3.8) is 0 Å². The van der Waals surface area contributed by atoms with Crippen molar-refractivity contribution < 1.29 is 14.4 Å². The maximum atomic E-state index is 11.1. The molecule has 138 valence electrons. The van der Waals surface area contributed by atoms with Gasteiger partial charge in [0, 0.05) is 30.3 Å². The molecule has 1 fully saturated rings. The van der Waals surface area contributed by atoms with Gasteiger partial charge in [-0.2, -0.15) is 0 Å². The third kappa shape index (κ3) is 4.73. The van der Waals surface area contributed by atoms with E-state index in [2.05, 4.69) is 5.32 Å². The predicted octanol–water partition coefficient (Wildman–Crippen LogP) is 4.82. The average Bonchev–Trinajstić information content (AvgIpc) is 2.68. The third-order valence-corrected chi connectivity index (χ3v) is 4.73. The Labute approximate surface area is 153 Å². The van der Waals surface area contributed by atoms with Crippen LogP contribution in [0.15, 0.2) is 42.5 Å². The van der Waals surface area contributed by atoms with Gasteiger partial charge in [-0.15, -0.1) is 0 Å². The van der Waals surface area contributed by atoms with Crippen molar-refractivity contribution in [2.75, 3.05) is 7.11 Å². The van der Waals surface area contributed by atoms with Gasteiger partial charge in [-0.3, -0.25) is 10.1 Å². The van der Waals surface area contributed by atoms with Crippen molar-refractivity contribution in [1.29, 1.82) is 0 Å². The molecule has 6 heteroatoms. The number of nitro groups is 1. The lowest BCUT2D eigenvalue weighted by molar-refractivity contribution is -0.384. The Hall–Kier alpha value is -2.60. The third-order valence-electron chi connectivity index (χ3n) is 4.73. The minimum atomic E-state index is -0.374. The molecule has 0 saturated heterocycles. The molecule has 0 aromatic heterocycles. The summed E-state index contributed by atoms with van der Waals surface area (Å²) in [7, 11) is 1.61. The van der Waals surface area contributed by atoms with Crippen LogP contribution in [0, 0.1) is 10.1 Å². The normalized spacial score (nSPS) is 14.8. The molecule has 0 unspecified atom stereocenters. The first kappa shape index (κ1) is 18.2. The first-order valence-electron chi connectivity index (χ1n) is 8.98. The van der Waals surface area contributed by atoms with Crippen LogP contribution in [0.2, 0.25) is 0 Å². The number of benzene rings is 2. The van der Waals surface area contributed by atoms with Crippen molar-refractivity contribution in [2.45, 2.75) is 44.7 Å². The Morgan fingerprint density at radius 3 is 2.42 bits per heavy atom. The number of hydrogen-bond acceptors (Lipinski definition) is 5. The second kappa shape index (κ2) is 8.67. The second-order valence-electron chi connectivity index (χ2n) is 6.54. The van der Waals surface area contributed by atoms with Crippen molar-refractivity contribution in [3.8, 4) is 17.2 Å². The van der Waals surface area contributed by atoms with E-state index in [0.717, 1.165) is 24.2 Å². The molecule has 0 atom stereocenters. The van der Waals surface area contributed by atoms with Gasteiger partial charge >= 0.3 is 0 Å². The summed E-state index contributed by atoms with van der Waals surface area (Å²) >= 11 is 0. The van der Waals surface area contributed by atoms with Crippen LogP contribution in [0.25, 0.3) is 0 Å². The van der Waals surface area contributed by atoms with Gasteiger partial charge in [-0.1, -0.05) is 19.3 Å². The number of non-ortho nitro benzene ring substituents is 1. The molecule has 2 aromatic carbocycles. The van der Waals surface area contributed by atoms with Crippen molar-refractivity contribution in [1.82, 2.24) is 5.32 Å². The van der Waals surface area contributed by atoms with Gasteiger partial charge in [-0.05, 0) is 43.2 Å². The van der Waals surface area contributed by atoms with Gasteiger partial charge in [0.15, 0.2) is 0 Å². The molecule has 6 nitrogen and oxygen atoms in total. The monoisotopic (exact) mass is 356 g/mol. The molecule has 0 amide bonds. The van der Waals surface area contributed by atoms with Crippen LogP contribution in [0.1, 0.15) is 37.7 Å². The second-order valence-corrected chi connectivity index (χ2v) is 6.54. The van der Waals surface area contributed by atoms with Crippen molar-refractivity contribution in [3.05, 3.63) is 58.1 Å². The van der Waals surface area contributed by atoms with Crippen LogP contribution in [-0.2, 0) is 6.54 Å². The van der Waals surface area contributed by atoms with Crippen LogP contribution >= 0.6 is 0 Å². The van der Waals surface area contributed by atoms with Crippen molar-refractivity contribution in [2.24, 2.45) is 0 Å². The lowest BCUT2D eigenvalue weighted by Crippen LogP contribution is -2.30. The highest BCUT2D eigenvalue weighted by atomic mass is 16.6. The maximum absolute atomic E-state index is 11.1. The summed E-state index contributed by atoms with van der Waals surface area (Å²) in [4.78, 5) is 10.8. The van der Waals surface area contributed by atoms with Gasteiger partial charge in [0.05, 0.1) is 12.0 Å².